The predicted molar refractivity (Wildman–Crippen MR) is 94.1 cm³/mol. The number of hydrogen-bond donors (Lipinski definition) is 2. The molecule has 0 spiro atoms. The van der Waals surface area contributed by atoms with E-state index >= 15 is 0 Å². The van der Waals surface area contributed by atoms with Crippen molar-refractivity contribution in [2.45, 2.75) is 26.4 Å². The van der Waals surface area contributed by atoms with Crippen LogP contribution in [0.15, 0.2) is 48.5 Å². The van der Waals surface area contributed by atoms with Gasteiger partial charge in [-0.15, -0.1) is 0 Å². The SMILES string of the molecule is CNC(=O)Cc1ccc(NC(=O)C(C)Oc2ccc(C)cc2)cc1. The third-order valence-electron chi connectivity index (χ3n) is 3.57. The van der Waals surface area contributed by atoms with Gasteiger partial charge < -0.3 is 15.4 Å². The van der Waals surface area contributed by atoms with Crippen molar-refractivity contribution in [2.75, 3.05) is 12.4 Å². The average molecular weight is 326 g/mol. The van der Waals surface area contributed by atoms with E-state index in [-0.39, 0.29) is 11.8 Å². The maximum atomic E-state index is 12.2. The first-order valence-corrected chi connectivity index (χ1v) is 7.81. The van der Waals surface area contributed by atoms with Crippen molar-refractivity contribution in [2.24, 2.45) is 0 Å². The van der Waals surface area contributed by atoms with E-state index in [0.29, 0.717) is 17.9 Å². The van der Waals surface area contributed by atoms with Crippen molar-refractivity contribution < 1.29 is 14.3 Å². The number of nitrogens with one attached hydrogen (secondary N) is 2. The summed E-state index contributed by atoms with van der Waals surface area (Å²) >= 11 is 0. The lowest BCUT2D eigenvalue weighted by atomic mass is 10.1. The first kappa shape index (κ1) is 17.5. The lowest BCUT2D eigenvalue weighted by Gasteiger charge is -2.15. The van der Waals surface area contributed by atoms with Crippen LogP contribution in [0, 0.1) is 6.92 Å². The fraction of sp³-hybridized carbons (Fsp3) is 0.263. The minimum Gasteiger partial charge on any atom is -0.481 e. The molecule has 0 aromatic heterocycles. The molecule has 0 saturated carbocycles. The smallest absolute Gasteiger partial charge is 0.265 e. The molecule has 1 unspecified atom stereocenters. The summed E-state index contributed by atoms with van der Waals surface area (Å²) < 4.78 is 5.63. The summed E-state index contributed by atoms with van der Waals surface area (Å²) in [4.78, 5) is 23.5. The van der Waals surface area contributed by atoms with Crippen molar-refractivity contribution in [3.05, 3.63) is 59.7 Å². The zero-order valence-electron chi connectivity index (χ0n) is 14.1. The molecule has 24 heavy (non-hydrogen) atoms. The Hall–Kier alpha value is -2.82. The number of likely N-dealkylation sites (N-methyl/N-ethyl adjacent to an activating group) is 1. The maximum Gasteiger partial charge on any atom is 0.265 e. The van der Waals surface area contributed by atoms with Gasteiger partial charge in [-0.3, -0.25) is 9.59 Å². The van der Waals surface area contributed by atoms with Gasteiger partial charge in [0.25, 0.3) is 5.91 Å². The summed E-state index contributed by atoms with van der Waals surface area (Å²) in [5.74, 6) is 0.380. The highest BCUT2D eigenvalue weighted by Crippen LogP contribution is 2.15. The number of amides is 2. The van der Waals surface area contributed by atoms with Crippen molar-refractivity contribution in [3.8, 4) is 5.75 Å². The molecule has 0 aliphatic carbocycles. The molecule has 2 aromatic rings. The molecule has 0 aliphatic heterocycles. The van der Waals surface area contributed by atoms with E-state index in [9.17, 15) is 9.59 Å². The molecule has 0 heterocycles. The molecule has 0 saturated heterocycles. The number of rotatable bonds is 6. The lowest BCUT2D eigenvalue weighted by Crippen LogP contribution is -2.30. The maximum absolute atomic E-state index is 12.2. The van der Waals surface area contributed by atoms with Crippen LogP contribution in [-0.4, -0.2) is 25.0 Å². The number of ether oxygens (including phenoxy) is 1. The Morgan fingerprint density at radius 2 is 1.67 bits per heavy atom. The Balaban J connectivity index is 1.91. The highest BCUT2D eigenvalue weighted by Gasteiger charge is 2.15. The van der Waals surface area contributed by atoms with Gasteiger partial charge in [-0.2, -0.15) is 0 Å². The summed E-state index contributed by atoms with van der Waals surface area (Å²) in [5, 5.41) is 5.38. The molecule has 0 aliphatic rings. The normalized spacial score (nSPS) is 11.5. The number of carbonyl (C=O) groups excluding carboxylic acids is 2. The van der Waals surface area contributed by atoms with Crippen LogP contribution >= 0.6 is 0 Å². The van der Waals surface area contributed by atoms with Crippen LogP contribution in [0.3, 0.4) is 0 Å². The second-order valence-corrected chi connectivity index (χ2v) is 5.61. The minimum absolute atomic E-state index is 0.0492. The van der Waals surface area contributed by atoms with E-state index in [1.54, 1.807) is 26.1 Å². The summed E-state index contributed by atoms with van der Waals surface area (Å²) in [5.41, 5.74) is 2.69. The predicted octanol–water partition coefficient (Wildman–Crippen LogP) is 2.69. The van der Waals surface area contributed by atoms with Crippen LogP contribution in [0.2, 0.25) is 0 Å². The van der Waals surface area contributed by atoms with Crippen LogP contribution in [0.5, 0.6) is 5.75 Å². The second kappa shape index (κ2) is 8.15. The Morgan fingerprint density at radius 3 is 2.25 bits per heavy atom. The van der Waals surface area contributed by atoms with E-state index in [2.05, 4.69) is 10.6 Å². The number of hydrogen-bond acceptors (Lipinski definition) is 3. The van der Waals surface area contributed by atoms with Gasteiger partial charge in [0.1, 0.15) is 5.75 Å². The average Bonchev–Trinajstić information content (AvgIpc) is 2.58. The molecule has 2 aromatic carbocycles. The Morgan fingerprint density at radius 1 is 1.04 bits per heavy atom. The van der Waals surface area contributed by atoms with Crippen LogP contribution in [0.4, 0.5) is 5.69 Å². The van der Waals surface area contributed by atoms with Crippen molar-refractivity contribution >= 4 is 17.5 Å². The van der Waals surface area contributed by atoms with Crippen LogP contribution in [0.25, 0.3) is 0 Å². The van der Waals surface area contributed by atoms with Gasteiger partial charge in [0.15, 0.2) is 6.10 Å². The molecule has 2 rings (SSSR count). The third-order valence-corrected chi connectivity index (χ3v) is 3.57. The first-order chi connectivity index (χ1) is 11.5. The third kappa shape index (κ3) is 5.12. The van der Waals surface area contributed by atoms with E-state index in [1.807, 2.05) is 43.3 Å². The molecular formula is C19H22N2O3. The van der Waals surface area contributed by atoms with Gasteiger partial charge in [0.2, 0.25) is 5.91 Å². The zero-order chi connectivity index (χ0) is 17.5. The standard InChI is InChI=1S/C19H22N2O3/c1-13-4-10-17(11-5-13)24-14(2)19(23)21-16-8-6-15(7-9-16)12-18(22)20-3/h4-11,14H,12H2,1-3H3,(H,20,22)(H,21,23). The van der Waals surface area contributed by atoms with Crippen LogP contribution in [0.1, 0.15) is 18.1 Å². The van der Waals surface area contributed by atoms with Crippen molar-refractivity contribution in [3.63, 3.8) is 0 Å². The molecule has 0 bridgehead atoms. The molecule has 1 atom stereocenters. The second-order valence-electron chi connectivity index (χ2n) is 5.61. The van der Waals surface area contributed by atoms with Gasteiger partial charge in [-0.1, -0.05) is 29.8 Å². The molecule has 0 radical (unpaired) electrons. The number of anilines is 1. The Bertz CT molecular complexity index is 694. The number of aryl methyl sites for hydroxylation is 1. The summed E-state index contributed by atoms with van der Waals surface area (Å²) in [7, 11) is 1.60. The number of carbonyl (C=O) groups is 2. The fourth-order valence-corrected chi connectivity index (χ4v) is 2.10. The molecule has 5 heteroatoms. The van der Waals surface area contributed by atoms with E-state index in [0.717, 1.165) is 11.1 Å². The van der Waals surface area contributed by atoms with Crippen molar-refractivity contribution in [1.82, 2.24) is 5.32 Å². The monoisotopic (exact) mass is 326 g/mol. The summed E-state index contributed by atoms with van der Waals surface area (Å²) in [6, 6.07) is 14.7. The lowest BCUT2D eigenvalue weighted by molar-refractivity contribution is -0.122. The largest absolute Gasteiger partial charge is 0.481 e. The van der Waals surface area contributed by atoms with Crippen LogP contribution in [-0.2, 0) is 16.0 Å². The fourth-order valence-electron chi connectivity index (χ4n) is 2.10. The van der Waals surface area contributed by atoms with Gasteiger partial charge >= 0.3 is 0 Å². The Kier molecular flexibility index (Phi) is 5.95. The highest BCUT2D eigenvalue weighted by atomic mass is 16.5. The first-order valence-electron chi connectivity index (χ1n) is 7.81. The van der Waals surface area contributed by atoms with Gasteiger partial charge in [0, 0.05) is 12.7 Å². The molecule has 5 nitrogen and oxygen atoms in total. The zero-order valence-corrected chi connectivity index (χ0v) is 14.1. The molecule has 2 N–H and O–H groups in total. The van der Waals surface area contributed by atoms with Crippen LogP contribution < -0.4 is 15.4 Å². The van der Waals surface area contributed by atoms with Gasteiger partial charge in [-0.05, 0) is 43.7 Å². The molecule has 2 amide bonds. The van der Waals surface area contributed by atoms with Gasteiger partial charge in [0.05, 0.1) is 6.42 Å². The summed E-state index contributed by atoms with van der Waals surface area (Å²) in [6.45, 7) is 3.70. The highest BCUT2D eigenvalue weighted by molar-refractivity contribution is 5.94. The van der Waals surface area contributed by atoms with E-state index in [1.165, 1.54) is 0 Å². The quantitative estimate of drug-likeness (QED) is 0.857. The minimum atomic E-state index is -0.613. The Labute approximate surface area is 142 Å². The van der Waals surface area contributed by atoms with Gasteiger partial charge in [-0.25, -0.2) is 0 Å². The number of benzene rings is 2. The summed E-state index contributed by atoms with van der Waals surface area (Å²) in [6.07, 6.45) is -0.296. The van der Waals surface area contributed by atoms with E-state index < -0.39 is 6.10 Å². The molecule has 0 fully saturated rings. The van der Waals surface area contributed by atoms with Crippen molar-refractivity contribution in [1.29, 1.82) is 0 Å². The van der Waals surface area contributed by atoms with E-state index in [4.69, 9.17) is 4.74 Å². The topological polar surface area (TPSA) is 67.4 Å². The molecule has 126 valence electrons. The molecular weight excluding hydrogens is 304 g/mol.